The van der Waals surface area contributed by atoms with Crippen molar-refractivity contribution >= 4 is 6.08 Å². The molecule has 1 fully saturated rings. The quantitative estimate of drug-likeness (QED) is 0.332. The van der Waals surface area contributed by atoms with Gasteiger partial charge in [0.05, 0.1) is 12.7 Å². The van der Waals surface area contributed by atoms with Gasteiger partial charge in [-0.25, -0.2) is 13.2 Å². The topological polar surface area (TPSA) is 29.5 Å². The van der Waals surface area contributed by atoms with Crippen LogP contribution >= 0.6 is 0 Å². The molecule has 1 aliphatic rings. The maximum atomic E-state index is 14.8. The highest BCUT2D eigenvalue weighted by atomic mass is 19.2. The Morgan fingerprint density at radius 1 is 0.861 bits per heavy atom. The van der Waals surface area contributed by atoms with Gasteiger partial charge in [0, 0.05) is 11.1 Å². The van der Waals surface area contributed by atoms with Gasteiger partial charge in [-0.1, -0.05) is 54.6 Å². The van der Waals surface area contributed by atoms with Gasteiger partial charge in [0.2, 0.25) is 5.82 Å². The third-order valence-corrected chi connectivity index (χ3v) is 6.95. The van der Waals surface area contributed by atoms with E-state index in [1.54, 1.807) is 62.4 Å². The molecule has 6 heteroatoms. The highest BCUT2D eigenvalue weighted by Gasteiger charge is 2.26. The second-order valence-electron chi connectivity index (χ2n) is 9.31. The Labute approximate surface area is 209 Å². The third kappa shape index (κ3) is 5.49. The molecule has 36 heavy (non-hydrogen) atoms. The lowest BCUT2D eigenvalue weighted by Gasteiger charge is -2.27. The Morgan fingerprint density at radius 3 is 2.19 bits per heavy atom. The minimum Gasteiger partial charge on any atom is -0.491 e. The van der Waals surface area contributed by atoms with Gasteiger partial charge in [-0.3, -0.25) is 0 Å². The summed E-state index contributed by atoms with van der Waals surface area (Å²) >= 11 is 0. The Bertz CT molecular complexity index is 1230. The van der Waals surface area contributed by atoms with Crippen molar-refractivity contribution in [2.24, 2.45) is 5.92 Å². The van der Waals surface area contributed by atoms with E-state index in [-0.39, 0.29) is 35.3 Å². The standard InChI is InChI=1S/C30H30F4O2/c1-3-36-26-17-16-25(29(33)30(26)34)21-7-4-19(5-8-21)6-9-23-14-15-24(28(32)27(23)31)22-12-10-20(11-13-22)18(2)35/h6,9-19,21,35H,3-5,7-8H2,1-2H3/b9-6+. The Kier molecular flexibility index (Phi) is 8.14. The fourth-order valence-electron chi connectivity index (χ4n) is 4.85. The van der Waals surface area contributed by atoms with Crippen molar-refractivity contribution in [2.45, 2.75) is 51.6 Å². The molecule has 1 N–H and O–H groups in total. The summed E-state index contributed by atoms with van der Waals surface area (Å²) in [5.74, 6) is -3.65. The van der Waals surface area contributed by atoms with Gasteiger partial charge in [0.15, 0.2) is 23.2 Å². The second-order valence-corrected chi connectivity index (χ2v) is 9.31. The fourth-order valence-corrected chi connectivity index (χ4v) is 4.85. The van der Waals surface area contributed by atoms with Gasteiger partial charge in [0.1, 0.15) is 0 Å². The predicted molar refractivity (Wildman–Crippen MR) is 134 cm³/mol. The van der Waals surface area contributed by atoms with Gasteiger partial charge in [-0.15, -0.1) is 0 Å². The zero-order valence-electron chi connectivity index (χ0n) is 20.4. The monoisotopic (exact) mass is 498 g/mol. The van der Waals surface area contributed by atoms with Gasteiger partial charge in [-0.05, 0) is 74.1 Å². The molecular weight excluding hydrogens is 468 g/mol. The van der Waals surface area contributed by atoms with Crippen molar-refractivity contribution in [1.29, 1.82) is 0 Å². The first-order valence-corrected chi connectivity index (χ1v) is 12.3. The van der Waals surface area contributed by atoms with E-state index in [2.05, 4.69) is 0 Å². The van der Waals surface area contributed by atoms with E-state index in [1.807, 2.05) is 6.08 Å². The molecule has 2 nitrogen and oxygen atoms in total. The first-order valence-electron chi connectivity index (χ1n) is 12.3. The smallest absolute Gasteiger partial charge is 0.200 e. The van der Waals surface area contributed by atoms with Crippen LogP contribution in [-0.4, -0.2) is 11.7 Å². The molecule has 1 aliphatic carbocycles. The summed E-state index contributed by atoms with van der Waals surface area (Å²) in [7, 11) is 0. The third-order valence-electron chi connectivity index (χ3n) is 6.95. The van der Waals surface area contributed by atoms with Crippen LogP contribution in [0, 0.1) is 29.2 Å². The fraction of sp³-hybridized carbons (Fsp3) is 0.333. The highest BCUT2D eigenvalue weighted by Crippen LogP contribution is 2.39. The number of allylic oxidation sites excluding steroid dienone is 1. The number of aliphatic hydroxyl groups is 1. The molecule has 0 heterocycles. The Morgan fingerprint density at radius 2 is 1.56 bits per heavy atom. The summed E-state index contributed by atoms with van der Waals surface area (Å²) in [6.07, 6.45) is 5.68. The number of halogens is 4. The van der Waals surface area contributed by atoms with Crippen molar-refractivity contribution in [3.8, 4) is 16.9 Å². The number of ether oxygens (including phenoxy) is 1. The van der Waals surface area contributed by atoms with Crippen LogP contribution in [0.4, 0.5) is 17.6 Å². The zero-order valence-corrected chi connectivity index (χ0v) is 20.4. The van der Waals surface area contributed by atoms with E-state index in [0.717, 1.165) is 12.8 Å². The lowest BCUT2D eigenvalue weighted by molar-refractivity contribution is 0.199. The number of hydrogen-bond acceptors (Lipinski definition) is 2. The summed E-state index contributed by atoms with van der Waals surface area (Å²) in [5.41, 5.74) is 1.92. The van der Waals surface area contributed by atoms with Crippen LogP contribution < -0.4 is 4.74 Å². The molecule has 1 saturated carbocycles. The summed E-state index contributed by atoms with van der Waals surface area (Å²) in [4.78, 5) is 0. The first kappa shape index (κ1) is 26.0. The molecule has 3 aromatic rings. The molecular formula is C30H30F4O2. The molecule has 0 radical (unpaired) electrons. The number of rotatable bonds is 7. The minimum atomic E-state index is -0.948. The maximum Gasteiger partial charge on any atom is 0.200 e. The van der Waals surface area contributed by atoms with Crippen molar-refractivity contribution in [1.82, 2.24) is 0 Å². The van der Waals surface area contributed by atoms with Gasteiger partial charge in [0.25, 0.3) is 0 Å². The van der Waals surface area contributed by atoms with Gasteiger partial charge in [-0.2, -0.15) is 4.39 Å². The maximum absolute atomic E-state index is 14.8. The minimum absolute atomic E-state index is 0.0765. The van der Waals surface area contributed by atoms with Crippen LogP contribution in [0.3, 0.4) is 0 Å². The average Bonchev–Trinajstić information content (AvgIpc) is 2.88. The predicted octanol–water partition coefficient (Wildman–Crippen LogP) is 8.35. The Hall–Kier alpha value is -3.12. The van der Waals surface area contributed by atoms with Crippen LogP contribution in [0.15, 0.2) is 54.6 Å². The van der Waals surface area contributed by atoms with Crippen molar-refractivity contribution in [3.63, 3.8) is 0 Å². The lowest BCUT2D eigenvalue weighted by atomic mass is 9.78. The molecule has 0 amide bonds. The van der Waals surface area contributed by atoms with Gasteiger partial charge >= 0.3 is 0 Å². The van der Waals surface area contributed by atoms with E-state index < -0.39 is 29.4 Å². The molecule has 0 aromatic heterocycles. The molecule has 190 valence electrons. The largest absolute Gasteiger partial charge is 0.491 e. The van der Waals surface area contributed by atoms with Crippen LogP contribution in [0.2, 0.25) is 0 Å². The first-order chi connectivity index (χ1) is 17.3. The Balaban J connectivity index is 1.42. The SMILES string of the molecule is CCOc1ccc(C2CCC(/C=C/c3ccc(-c4ccc(C(C)O)cc4)c(F)c3F)CC2)c(F)c1F. The molecule has 4 rings (SSSR count). The number of benzene rings is 3. The van der Waals surface area contributed by atoms with Crippen molar-refractivity contribution in [2.75, 3.05) is 6.61 Å². The second kappa shape index (κ2) is 11.3. The summed E-state index contributed by atoms with van der Waals surface area (Å²) < 4.78 is 63.6. The number of aliphatic hydroxyl groups excluding tert-OH is 1. The van der Waals surface area contributed by atoms with E-state index >= 15 is 0 Å². The van der Waals surface area contributed by atoms with E-state index in [1.165, 1.54) is 6.07 Å². The summed E-state index contributed by atoms with van der Waals surface area (Å²) in [5, 5.41) is 9.63. The van der Waals surface area contributed by atoms with E-state index in [4.69, 9.17) is 4.74 Å². The molecule has 0 saturated heterocycles. The molecule has 1 unspecified atom stereocenters. The van der Waals surface area contributed by atoms with Crippen molar-refractivity contribution < 1.29 is 27.4 Å². The van der Waals surface area contributed by atoms with E-state index in [0.29, 0.717) is 29.5 Å². The van der Waals surface area contributed by atoms with E-state index in [9.17, 15) is 22.7 Å². The molecule has 1 atom stereocenters. The molecule has 0 bridgehead atoms. The average molecular weight is 499 g/mol. The molecule has 0 aliphatic heterocycles. The molecule has 0 spiro atoms. The van der Waals surface area contributed by atoms with Crippen LogP contribution in [0.1, 0.15) is 68.2 Å². The lowest BCUT2D eigenvalue weighted by Crippen LogP contribution is -2.14. The number of hydrogen-bond donors (Lipinski definition) is 1. The van der Waals surface area contributed by atoms with Crippen LogP contribution in [0.25, 0.3) is 17.2 Å². The summed E-state index contributed by atoms with van der Waals surface area (Å²) in [6, 6.07) is 12.9. The van der Waals surface area contributed by atoms with Crippen LogP contribution in [0.5, 0.6) is 5.75 Å². The van der Waals surface area contributed by atoms with Gasteiger partial charge < -0.3 is 9.84 Å². The zero-order chi connectivity index (χ0) is 25.8. The van der Waals surface area contributed by atoms with Crippen LogP contribution in [-0.2, 0) is 0 Å². The normalized spacial score (nSPS) is 19.0. The summed E-state index contributed by atoms with van der Waals surface area (Å²) in [6.45, 7) is 3.62. The van der Waals surface area contributed by atoms with Crippen molar-refractivity contribution in [3.05, 3.63) is 94.6 Å². The highest BCUT2D eigenvalue weighted by molar-refractivity contribution is 5.67. The molecule has 3 aromatic carbocycles.